The largest absolute Gasteiger partial charge is 0.391 e. The second kappa shape index (κ2) is 10.5. The number of benzene rings is 1. The van der Waals surface area contributed by atoms with Crippen LogP contribution in [-0.2, 0) is 4.79 Å². The number of anilines is 1. The topological polar surface area (TPSA) is 104 Å². The first-order valence-corrected chi connectivity index (χ1v) is 9.91. The van der Waals surface area contributed by atoms with Crippen molar-refractivity contribution in [1.29, 1.82) is 10.8 Å². The van der Waals surface area contributed by atoms with Crippen LogP contribution in [0, 0.1) is 16.7 Å². The van der Waals surface area contributed by atoms with Gasteiger partial charge in [0.25, 0.3) is 0 Å². The molecular weight excluding hydrogens is 364 g/mol. The summed E-state index contributed by atoms with van der Waals surface area (Å²) in [5, 5.41) is 25.7. The molecule has 5 N–H and O–H groups in total. The van der Waals surface area contributed by atoms with Crippen LogP contribution in [0.1, 0.15) is 32.8 Å². The van der Waals surface area contributed by atoms with Gasteiger partial charge >= 0.3 is 0 Å². The molecule has 0 unspecified atom stereocenters. The first-order chi connectivity index (χ1) is 13.8. The summed E-state index contributed by atoms with van der Waals surface area (Å²) in [4.78, 5) is 13.5. The first-order valence-electron chi connectivity index (χ1n) is 9.91. The summed E-state index contributed by atoms with van der Waals surface area (Å²) in [5.41, 5.74) is 4.32. The molecular formula is C22H32N6O. The predicted octanol–water partition coefficient (Wildman–Crippen LogP) is 3.04. The van der Waals surface area contributed by atoms with Crippen molar-refractivity contribution in [3.05, 3.63) is 47.3 Å². The Morgan fingerprint density at radius 2 is 1.97 bits per heavy atom. The lowest BCUT2D eigenvalue weighted by Gasteiger charge is -2.30. The number of rotatable bonds is 8. The maximum atomic E-state index is 11.7. The van der Waals surface area contributed by atoms with Crippen LogP contribution in [0.2, 0.25) is 0 Å². The van der Waals surface area contributed by atoms with E-state index >= 15 is 0 Å². The lowest BCUT2D eigenvalue weighted by molar-refractivity contribution is -0.128. The van der Waals surface area contributed by atoms with Crippen LogP contribution in [0.15, 0.2) is 41.7 Å². The molecule has 0 aromatic heterocycles. The number of carbonyl (C=O) groups is 1. The van der Waals surface area contributed by atoms with Crippen molar-refractivity contribution in [1.82, 2.24) is 15.5 Å². The molecule has 1 aromatic carbocycles. The Bertz CT molecular complexity index is 807. The van der Waals surface area contributed by atoms with Gasteiger partial charge in [0.05, 0.1) is 6.54 Å². The monoisotopic (exact) mass is 396 g/mol. The fraction of sp³-hybridized carbons (Fsp3) is 0.409. The fourth-order valence-electron chi connectivity index (χ4n) is 3.12. The normalized spacial score (nSPS) is 14.7. The minimum Gasteiger partial charge on any atom is -0.391 e. The van der Waals surface area contributed by atoms with Crippen molar-refractivity contribution < 1.29 is 4.79 Å². The van der Waals surface area contributed by atoms with E-state index in [1.165, 1.54) is 6.21 Å². The van der Waals surface area contributed by atoms with Gasteiger partial charge in [0.15, 0.2) is 0 Å². The van der Waals surface area contributed by atoms with Crippen LogP contribution in [0.3, 0.4) is 0 Å². The van der Waals surface area contributed by atoms with Crippen molar-refractivity contribution in [3.8, 4) is 0 Å². The number of hydrogen-bond acceptors (Lipinski definition) is 5. The summed E-state index contributed by atoms with van der Waals surface area (Å²) in [7, 11) is 1.85. The Labute approximate surface area is 173 Å². The molecule has 29 heavy (non-hydrogen) atoms. The van der Waals surface area contributed by atoms with Crippen LogP contribution in [-0.4, -0.2) is 49.5 Å². The Hall–Kier alpha value is -3.09. The first kappa shape index (κ1) is 22.2. The zero-order valence-electron chi connectivity index (χ0n) is 17.7. The molecule has 1 aromatic rings. The third-order valence-electron chi connectivity index (χ3n) is 4.82. The minimum atomic E-state index is 0.0202. The molecule has 0 fully saturated rings. The van der Waals surface area contributed by atoms with E-state index in [1.54, 1.807) is 11.8 Å². The molecule has 7 nitrogen and oxygen atoms in total. The van der Waals surface area contributed by atoms with Gasteiger partial charge in [-0.15, -0.1) is 0 Å². The van der Waals surface area contributed by atoms with E-state index in [-0.39, 0.29) is 11.7 Å². The molecule has 7 heteroatoms. The average Bonchev–Trinajstić information content (AvgIpc) is 2.71. The van der Waals surface area contributed by atoms with E-state index in [1.807, 2.05) is 37.5 Å². The molecule has 0 aliphatic carbocycles. The smallest absolute Gasteiger partial charge is 0.219 e. The van der Waals surface area contributed by atoms with Crippen LogP contribution >= 0.6 is 0 Å². The van der Waals surface area contributed by atoms with E-state index in [9.17, 15) is 4.79 Å². The van der Waals surface area contributed by atoms with Gasteiger partial charge < -0.3 is 26.3 Å². The van der Waals surface area contributed by atoms with E-state index in [0.29, 0.717) is 25.4 Å². The second-order valence-electron chi connectivity index (χ2n) is 7.52. The van der Waals surface area contributed by atoms with Gasteiger partial charge in [0.2, 0.25) is 5.91 Å². The number of carbonyl (C=O) groups excluding carboxylic acids is 1. The zero-order chi connectivity index (χ0) is 21.4. The molecule has 0 saturated heterocycles. The lowest BCUT2D eigenvalue weighted by Crippen LogP contribution is -2.40. The van der Waals surface area contributed by atoms with Crippen molar-refractivity contribution in [3.63, 3.8) is 0 Å². The third kappa shape index (κ3) is 6.20. The molecule has 0 bridgehead atoms. The molecule has 1 amide bonds. The maximum absolute atomic E-state index is 11.7. The summed E-state index contributed by atoms with van der Waals surface area (Å²) in [6.07, 6.45) is 3.91. The summed E-state index contributed by atoms with van der Waals surface area (Å²) in [6, 6.07) is 7.66. The second-order valence-corrected chi connectivity index (χ2v) is 7.52. The van der Waals surface area contributed by atoms with E-state index in [4.69, 9.17) is 10.8 Å². The van der Waals surface area contributed by atoms with Gasteiger partial charge in [-0.2, -0.15) is 0 Å². The summed E-state index contributed by atoms with van der Waals surface area (Å²) in [6.45, 7) is 7.78. The Balaban J connectivity index is 2.10. The number of nitrogens with zero attached hydrogens (tertiary/aromatic N) is 1. The SMILES string of the molecule is CNC1=C(C(=N)Nc2ccc(/C(C=N)=C/NCC(C)C)cc2)CN(C(C)=O)CC1. The highest BCUT2D eigenvalue weighted by atomic mass is 16.2. The molecule has 0 saturated carbocycles. The van der Waals surface area contributed by atoms with Crippen LogP contribution < -0.4 is 16.0 Å². The number of nitrogens with one attached hydrogen (secondary N) is 5. The number of allylic oxidation sites excluding steroid dienone is 1. The zero-order valence-corrected chi connectivity index (χ0v) is 17.7. The fourth-order valence-corrected chi connectivity index (χ4v) is 3.12. The molecule has 1 aliphatic heterocycles. The minimum absolute atomic E-state index is 0.0202. The quantitative estimate of drug-likeness (QED) is 0.344. The molecule has 156 valence electrons. The van der Waals surface area contributed by atoms with Gasteiger partial charge in [0.1, 0.15) is 5.84 Å². The summed E-state index contributed by atoms with van der Waals surface area (Å²) >= 11 is 0. The molecule has 1 heterocycles. The van der Waals surface area contributed by atoms with Crippen LogP contribution in [0.4, 0.5) is 5.69 Å². The van der Waals surface area contributed by atoms with E-state index < -0.39 is 0 Å². The van der Waals surface area contributed by atoms with Gasteiger partial charge in [-0.25, -0.2) is 0 Å². The predicted molar refractivity (Wildman–Crippen MR) is 120 cm³/mol. The molecule has 1 aliphatic rings. The van der Waals surface area contributed by atoms with Crippen molar-refractivity contribution >= 4 is 29.2 Å². The van der Waals surface area contributed by atoms with Crippen molar-refractivity contribution in [2.75, 3.05) is 32.0 Å². The average molecular weight is 397 g/mol. The van der Waals surface area contributed by atoms with Crippen LogP contribution in [0.5, 0.6) is 0 Å². The number of amidine groups is 1. The van der Waals surface area contributed by atoms with Gasteiger partial charge in [-0.05, 0) is 23.6 Å². The van der Waals surface area contributed by atoms with Crippen LogP contribution in [0.25, 0.3) is 5.57 Å². The highest BCUT2D eigenvalue weighted by Crippen LogP contribution is 2.20. The molecule has 2 rings (SSSR count). The highest BCUT2D eigenvalue weighted by Gasteiger charge is 2.23. The van der Waals surface area contributed by atoms with Crippen molar-refractivity contribution in [2.24, 2.45) is 5.92 Å². The number of amides is 1. The van der Waals surface area contributed by atoms with E-state index in [0.717, 1.165) is 34.6 Å². The van der Waals surface area contributed by atoms with Gasteiger partial charge in [-0.3, -0.25) is 10.2 Å². The Morgan fingerprint density at radius 3 is 2.52 bits per heavy atom. The third-order valence-corrected chi connectivity index (χ3v) is 4.82. The summed E-state index contributed by atoms with van der Waals surface area (Å²) in [5.74, 6) is 0.840. The molecule has 0 spiro atoms. The summed E-state index contributed by atoms with van der Waals surface area (Å²) < 4.78 is 0. The molecule has 0 radical (unpaired) electrons. The highest BCUT2D eigenvalue weighted by molar-refractivity contribution is 6.09. The maximum Gasteiger partial charge on any atom is 0.219 e. The van der Waals surface area contributed by atoms with Crippen molar-refractivity contribution in [2.45, 2.75) is 27.2 Å². The molecule has 0 atom stereocenters. The number of hydrogen-bond donors (Lipinski definition) is 5. The standard InChI is InChI=1S/C22H32N6O/c1-15(2)12-26-13-18(11-23)17-5-7-19(8-6-17)27-22(24)20-14-28(16(3)29)10-9-21(20)25-4/h5-8,11,13,15,23,25-26H,9-10,12,14H2,1-4H3,(H2,24,27)/b18-13+,23-11?. The van der Waals surface area contributed by atoms with Gasteiger partial charge in [0, 0.05) is 68.4 Å². The Morgan fingerprint density at radius 1 is 1.28 bits per heavy atom. The van der Waals surface area contributed by atoms with Gasteiger partial charge in [-0.1, -0.05) is 26.0 Å². The lowest BCUT2D eigenvalue weighted by atomic mass is 10.0. The Kier molecular flexibility index (Phi) is 8.00. The van der Waals surface area contributed by atoms with E-state index in [2.05, 4.69) is 29.8 Å².